The molecule has 0 fully saturated rings. The maximum absolute atomic E-state index is 9.00. The van der Waals surface area contributed by atoms with Gasteiger partial charge in [0.15, 0.2) is 0 Å². The third-order valence-electron chi connectivity index (χ3n) is 1.68. The zero-order valence-electron chi connectivity index (χ0n) is 14.8. The van der Waals surface area contributed by atoms with Gasteiger partial charge < -0.3 is 15.3 Å². The van der Waals surface area contributed by atoms with E-state index in [1.807, 2.05) is 18.2 Å². The van der Waals surface area contributed by atoms with E-state index in [0.29, 0.717) is 0 Å². The molecule has 0 saturated carbocycles. The second-order valence-electron chi connectivity index (χ2n) is 4.00. The van der Waals surface area contributed by atoms with Gasteiger partial charge in [-0.2, -0.15) is 0 Å². The van der Waals surface area contributed by atoms with Gasteiger partial charge >= 0.3 is 94.4 Å². The van der Waals surface area contributed by atoms with Crippen molar-refractivity contribution in [3.05, 3.63) is 27.4 Å². The fourth-order valence-electron chi connectivity index (χ4n) is 1.05. The topological polar surface area (TPSA) is 130 Å². The van der Waals surface area contributed by atoms with Crippen LogP contribution in [0.25, 0.3) is 6.08 Å². The number of methoxy groups -OCH3 is 2. The molecular weight excluding hydrogens is 527 g/mol. The minimum absolute atomic E-state index is 0.771. The molecule has 0 aliphatic heterocycles. The first-order valence-electron chi connectivity index (χ1n) is 6.66. The molecule has 0 atom stereocenters. The van der Waals surface area contributed by atoms with E-state index in [0.717, 1.165) is 63.6 Å². The van der Waals surface area contributed by atoms with Crippen LogP contribution in [0, 0.1) is 0 Å². The van der Waals surface area contributed by atoms with Gasteiger partial charge in [-0.25, -0.2) is 0 Å². The fourth-order valence-corrected chi connectivity index (χ4v) is 1.80. The van der Waals surface area contributed by atoms with Gasteiger partial charge in [-0.15, -0.1) is 0 Å². The van der Waals surface area contributed by atoms with Crippen LogP contribution >= 0.6 is 0 Å². The van der Waals surface area contributed by atoms with Gasteiger partial charge in [-0.1, -0.05) is 0 Å². The number of aliphatic carboxylic acids is 3. The Hall–Kier alpha value is -2.11. The van der Waals surface area contributed by atoms with Crippen molar-refractivity contribution in [1.29, 1.82) is 0 Å². The van der Waals surface area contributed by atoms with E-state index < -0.39 is 17.9 Å². The second kappa shape index (κ2) is 18.2. The van der Waals surface area contributed by atoms with E-state index in [-0.39, 0.29) is 0 Å². The Bertz CT molecular complexity index is 515. The summed E-state index contributed by atoms with van der Waals surface area (Å²) in [6.07, 6.45) is 2.08. The Morgan fingerprint density at radius 3 is 1.52 bits per heavy atom. The summed E-state index contributed by atoms with van der Waals surface area (Å²) in [6.45, 7) is 3.25. The molecule has 139 valence electrons. The SMILES string of the molecule is CC(=O)O.CC(=O)O.CC(=O)O.COc1ccc(/C=[CH]/[Pb])cc1OC. The fraction of sp³-hybridized carbons (Fsp3) is 0.312. The number of carboxylic acid groups (broad SMARTS) is 3. The molecule has 3 N–H and O–H groups in total. The van der Waals surface area contributed by atoms with Crippen molar-refractivity contribution < 1.29 is 39.2 Å². The first-order chi connectivity index (χ1) is 11.5. The molecule has 25 heavy (non-hydrogen) atoms. The molecule has 0 saturated heterocycles. The Labute approximate surface area is 162 Å². The van der Waals surface area contributed by atoms with Gasteiger partial charge in [0, 0.05) is 20.8 Å². The number of hydrogen-bond donors (Lipinski definition) is 3. The summed E-state index contributed by atoms with van der Waals surface area (Å²) in [5.74, 6) is -0.951. The van der Waals surface area contributed by atoms with E-state index in [2.05, 4.69) is 9.71 Å². The molecule has 3 radical (unpaired) electrons. The standard InChI is InChI=1S/C10H11O2.3C2H4O2.Pb/c1-4-8-5-6-9(11-2)10(7-8)12-3;3*1-2(3)4;/h1,4-7H,2-3H3;3*1H3,(H,3,4);. The molecule has 1 aromatic rings. The van der Waals surface area contributed by atoms with Gasteiger partial charge in [0.25, 0.3) is 17.9 Å². The molecule has 0 aromatic heterocycles. The van der Waals surface area contributed by atoms with Crippen LogP contribution in [0.1, 0.15) is 26.3 Å². The van der Waals surface area contributed by atoms with Crippen LogP contribution in [0.3, 0.4) is 0 Å². The first kappa shape index (κ1) is 27.7. The van der Waals surface area contributed by atoms with Crippen LogP contribution in [0.15, 0.2) is 21.8 Å². The quantitative estimate of drug-likeness (QED) is 0.488. The summed E-state index contributed by atoms with van der Waals surface area (Å²) in [6, 6.07) is 5.89. The Kier molecular flexibility index (Phi) is 20.2. The summed E-state index contributed by atoms with van der Waals surface area (Å²) < 4.78 is 12.4. The number of carboxylic acids is 3. The van der Waals surface area contributed by atoms with E-state index in [9.17, 15) is 0 Å². The number of benzene rings is 1. The number of ether oxygens (including phenoxy) is 2. The van der Waals surface area contributed by atoms with Crippen LogP contribution in [0.4, 0.5) is 0 Å². The normalized spacial score (nSPS) is 8.40. The van der Waals surface area contributed by atoms with Crippen LogP contribution in [0.2, 0.25) is 0 Å². The molecular formula is C16H23O8Pb. The van der Waals surface area contributed by atoms with Crippen molar-refractivity contribution in [3.63, 3.8) is 0 Å². The third kappa shape index (κ3) is 27.1. The molecule has 0 amide bonds. The molecule has 8 nitrogen and oxygen atoms in total. The summed E-state index contributed by atoms with van der Waals surface area (Å²) >= 11 is 1.07. The predicted molar refractivity (Wildman–Crippen MR) is 94.3 cm³/mol. The van der Waals surface area contributed by atoms with Crippen molar-refractivity contribution in [2.24, 2.45) is 0 Å². The summed E-state index contributed by atoms with van der Waals surface area (Å²) in [7, 11) is 3.28. The van der Waals surface area contributed by atoms with Crippen molar-refractivity contribution >= 4 is 49.8 Å². The number of rotatable bonds is 3. The molecule has 1 aromatic carbocycles. The van der Waals surface area contributed by atoms with Crippen LogP contribution in [-0.4, -0.2) is 73.2 Å². The van der Waals surface area contributed by atoms with Crippen LogP contribution < -0.4 is 9.47 Å². The zero-order valence-corrected chi connectivity index (χ0v) is 18.7. The van der Waals surface area contributed by atoms with Gasteiger partial charge in [0.2, 0.25) is 0 Å². The molecule has 0 bridgehead atoms. The zero-order chi connectivity index (χ0) is 20.4. The average molecular weight is 551 g/mol. The monoisotopic (exact) mass is 551 g/mol. The molecule has 0 aliphatic rings. The van der Waals surface area contributed by atoms with Crippen molar-refractivity contribution in [3.8, 4) is 11.5 Å². The number of hydrogen-bond acceptors (Lipinski definition) is 5. The van der Waals surface area contributed by atoms with E-state index in [1.165, 1.54) is 0 Å². The molecule has 0 aliphatic carbocycles. The molecule has 9 heteroatoms. The average Bonchev–Trinajstić information content (AvgIpc) is 2.45. The maximum atomic E-state index is 9.00. The first-order valence-corrected chi connectivity index (χ1v) is 8.90. The van der Waals surface area contributed by atoms with Crippen LogP contribution in [0.5, 0.6) is 11.5 Å². The minimum atomic E-state index is -0.833. The third-order valence-corrected chi connectivity index (χ3v) is 2.33. The van der Waals surface area contributed by atoms with Crippen molar-refractivity contribution in [1.82, 2.24) is 0 Å². The molecule has 1 rings (SSSR count). The second-order valence-corrected chi connectivity index (χ2v) is 5.30. The molecule has 0 unspecified atom stereocenters. The Morgan fingerprint density at radius 2 is 1.24 bits per heavy atom. The Balaban J connectivity index is -0.000000333. The van der Waals surface area contributed by atoms with E-state index in [1.54, 1.807) is 14.2 Å². The predicted octanol–water partition coefficient (Wildman–Crippen LogP) is 2.12. The molecule has 0 spiro atoms. The van der Waals surface area contributed by atoms with Gasteiger partial charge in [0.1, 0.15) is 0 Å². The summed E-state index contributed by atoms with van der Waals surface area (Å²) in [5, 5.41) is 22.2. The van der Waals surface area contributed by atoms with Crippen molar-refractivity contribution in [2.75, 3.05) is 14.2 Å². The summed E-state index contributed by atoms with van der Waals surface area (Å²) in [5.41, 5.74) is 1.15. The molecule has 0 heterocycles. The van der Waals surface area contributed by atoms with Gasteiger partial charge in [0.05, 0.1) is 0 Å². The van der Waals surface area contributed by atoms with Crippen LogP contribution in [-0.2, 0) is 14.4 Å². The van der Waals surface area contributed by atoms with Gasteiger partial charge in [-0.3, -0.25) is 14.4 Å². The van der Waals surface area contributed by atoms with Crippen molar-refractivity contribution in [2.45, 2.75) is 20.8 Å². The number of carbonyl (C=O) groups is 3. The van der Waals surface area contributed by atoms with E-state index in [4.69, 9.17) is 39.2 Å². The Morgan fingerprint density at radius 1 is 0.880 bits per heavy atom. The van der Waals surface area contributed by atoms with E-state index >= 15 is 0 Å². The van der Waals surface area contributed by atoms with Gasteiger partial charge in [-0.05, 0) is 0 Å². The summed E-state index contributed by atoms with van der Waals surface area (Å²) in [4.78, 5) is 27.0.